The van der Waals surface area contributed by atoms with E-state index in [1.54, 1.807) is 0 Å². The van der Waals surface area contributed by atoms with Crippen LogP contribution in [0, 0.1) is 0 Å². The molecular formula is H6CuN2O2S-3. The summed E-state index contributed by atoms with van der Waals surface area (Å²) in [5.41, 5.74) is 0. The molecule has 0 saturated carbocycles. The third kappa shape index (κ3) is 129. The van der Waals surface area contributed by atoms with Gasteiger partial charge in [0.25, 0.3) is 0 Å². The van der Waals surface area contributed by atoms with E-state index >= 15 is 0 Å². The third-order valence-electron chi connectivity index (χ3n) is 0. The van der Waals surface area contributed by atoms with Gasteiger partial charge in [0.2, 0.25) is 0 Å². The number of hydrogen-bond donors (Lipinski definition) is 1. The van der Waals surface area contributed by atoms with Gasteiger partial charge in [0.05, 0.1) is 0 Å². The van der Waals surface area contributed by atoms with Crippen molar-refractivity contribution in [3.8, 4) is 0 Å². The van der Waals surface area contributed by atoms with Crippen molar-refractivity contribution in [3.63, 3.8) is 0 Å². The Labute approximate surface area is 54.0 Å². The first-order chi connectivity index (χ1) is 1.00. The van der Waals surface area contributed by atoms with Crippen LogP contribution in [0.15, 0.2) is 0 Å². The molecule has 6 heteroatoms. The van der Waals surface area contributed by atoms with Crippen molar-refractivity contribution < 1.29 is 27.6 Å². The van der Waals surface area contributed by atoms with Crippen LogP contribution in [-0.2, 0) is 30.6 Å². The summed E-state index contributed by atoms with van der Waals surface area (Å²) in [6.07, 6.45) is 0. The van der Waals surface area contributed by atoms with Crippen molar-refractivity contribution in [3.05, 3.63) is 12.3 Å². The molecule has 0 aliphatic heterocycles. The third-order valence-corrected chi connectivity index (χ3v) is 0. The summed E-state index contributed by atoms with van der Waals surface area (Å²) in [6, 6.07) is 0. The van der Waals surface area contributed by atoms with Crippen LogP contribution in [0.1, 0.15) is 0 Å². The molecule has 4 nitrogen and oxygen atoms in total. The Morgan fingerprint density at radius 3 is 1.00 bits per heavy atom. The Kier molecular flexibility index (Phi) is 3140. The Balaban J connectivity index is -0.000000000833. The molecular weight excluding hydrogens is 156 g/mol. The standard InChI is InChI=1S/Cu.2H2N.H2O2.H2S/c;;;1-2;/h;2*1H2;1-2H;1H2/q+1;2*-1;;/p-2. The Bertz CT molecular complexity index is 11.5. The van der Waals surface area contributed by atoms with Gasteiger partial charge in [0.15, 0.2) is 0 Å². The molecule has 5 N–H and O–H groups in total. The van der Waals surface area contributed by atoms with E-state index < -0.39 is 0 Å². The molecule has 0 aliphatic carbocycles. The molecule has 0 aromatic carbocycles. The van der Waals surface area contributed by atoms with E-state index in [1.807, 2.05) is 0 Å². The fourth-order valence-electron chi connectivity index (χ4n) is 0. The summed E-state index contributed by atoms with van der Waals surface area (Å²) in [7, 11) is 0. The van der Waals surface area contributed by atoms with Crippen molar-refractivity contribution in [2.45, 2.75) is 0 Å². The predicted molar refractivity (Wildman–Crippen MR) is 22.0 cm³/mol. The molecule has 0 atom stereocenters. The Hall–Kier alpha value is 0.709. The van der Waals surface area contributed by atoms with Gasteiger partial charge in [0.1, 0.15) is 0 Å². The van der Waals surface area contributed by atoms with Crippen molar-refractivity contribution in [2.75, 3.05) is 0 Å². The monoisotopic (exact) mass is 161 g/mol. The van der Waals surface area contributed by atoms with Crippen LogP contribution in [0.25, 0.3) is 12.3 Å². The summed E-state index contributed by atoms with van der Waals surface area (Å²) in [5.74, 6) is 0. The molecule has 0 aromatic rings. The minimum absolute atomic E-state index is 0. The maximum atomic E-state index is 7.25. The first-order valence-electron chi connectivity index (χ1n) is 0.183. The minimum atomic E-state index is 0. The van der Waals surface area contributed by atoms with Crippen molar-refractivity contribution in [1.29, 1.82) is 0 Å². The average Bonchev–Trinajstić information content (AvgIpc) is 1.00. The van der Waals surface area contributed by atoms with E-state index in [9.17, 15) is 0 Å². The van der Waals surface area contributed by atoms with E-state index in [-0.39, 0.29) is 42.9 Å². The van der Waals surface area contributed by atoms with Gasteiger partial charge in [-0.2, -0.15) is 0 Å². The van der Waals surface area contributed by atoms with E-state index in [4.69, 9.17) is 10.5 Å². The molecule has 0 amide bonds. The molecule has 0 spiro atoms. The fraction of sp³-hybridized carbons (Fsp3) is 0. The molecule has 0 rings (SSSR count). The summed E-state index contributed by atoms with van der Waals surface area (Å²) >= 11 is 0. The van der Waals surface area contributed by atoms with Gasteiger partial charge < -0.3 is 36.3 Å². The largest absolute Gasteiger partial charge is 1.00 e. The van der Waals surface area contributed by atoms with Crippen LogP contribution in [0.5, 0.6) is 0 Å². The number of hydrogen-bond acceptors (Lipinski definition) is 3. The SMILES string of the molecule is [Cu+].[NH2-].[NH2-].[O-]O.[SH-]. The maximum Gasteiger partial charge on any atom is 1.00 e. The van der Waals surface area contributed by atoms with Crippen LogP contribution in [0.4, 0.5) is 0 Å². The number of nitrogens with two attached hydrogens (primary N) is 2. The average molecular weight is 162 g/mol. The van der Waals surface area contributed by atoms with Gasteiger partial charge in [-0.1, -0.05) is 0 Å². The van der Waals surface area contributed by atoms with Crippen molar-refractivity contribution >= 4 is 13.5 Å². The molecule has 0 saturated heterocycles. The summed E-state index contributed by atoms with van der Waals surface area (Å²) in [6.45, 7) is 0. The van der Waals surface area contributed by atoms with Crippen molar-refractivity contribution in [1.82, 2.24) is 0 Å². The molecule has 6 heavy (non-hydrogen) atoms. The second-order valence-corrected chi connectivity index (χ2v) is 0. The second-order valence-electron chi connectivity index (χ2n) is 0. The van der Waals surface area contributed by atoms with E-state index in [0.717, 1.165) is 0 Å². The molecule has 48 valence electrons. The molecule has 0 aliphatic rings. The van der Waals surface area contributed by atoms with Gasteiger partial charge >= 0.3 is 17.1 Å². The van der Waals surface area contributed by atoms with Crippen LogP contribution < -0.4 is 5.26 Å². The minimum Gasteiger partial charge on any atom is -0.813 e. The predicted octanol–water partition coefficient (Wildman–Crippen LogP) is -0.0187. The van der Waals surface area contributed by atoms with Gasteiger partial charge in [-0.3, -0.25) is 0 Å². The van der Waals surface area contributed by atoms with Gasteiger partial charge in [-0.25, -0.2) is 0 Å². The number of thiol groups is 1. The summed E-state index contributed by atoms with van der Waals surface area (Å²) in [4.78, 5) is 0. The normalized spacial score (nSPS) is 1.00. The maximum absolute atomic E-state index is 7.25. The first kappa shape index (κ1) is 74.8. The van der Waals surface area contributed by atoms with Crippen LogP contribution >= 0.6 is 0 Å². The van der Waals surface area contributed by atoms with E-state index in [1.165, 1.54) is 0 Å². The fourth-order valence-corrected chi connectivity index (χ4v) is 0. The molecule has 0 unspecified atom stereocenters. The smallest absolute Gasteiger partial charge is 0.813 e. The van der Waals surface area contributed by atoms with Gasteiger partial charge in [-0.15, -0.1) is 0 Å². The second kappa shape index (κ2) is 252. The quantitative estimate of drug-likeness (QED) is 0.177. The zero-order valence-corrected chi connectivity index (χ0v) is 4.59. The molecule has 0 radical (unpaired) electrons. The van der Waals surface area contributed by atoms with Crippen molar-refractivity contribution in [2.24, 2.45) is 0 Å². The van der Waals surface area contributed by atoms with E-state index in [0.29, 0.717) is 0 Å². The zero-order chi connectivity index (χ0) is 2.00. The Morgan fingerprint density at radius 2 is 1.00 bits per heavy atom. The van der Waals surface area contributed by atoms with Gasteiger partial charge in [-0.05, 0) is 0 Å². The number of rotatable bonds is 0. The molecule has 0 fully saturated rings. The van der Waals surface area contributed by atoms with Gasteiger partial charge in [0, 0.05) is 0 Å². The molecule has 0 bridgehead atoms. The topological polar surface area (TPSA) is 110 Å². The van der Waals surface area contributed by atoms with Crippen LogP contribution in [0.3, 0.4) is 0 Å². The van der Waals surface area contributed by atoms with Crippen LogP contribution in [-0.4, -0.2) is 5.26 Å². The molecule has 0 heterocycles. The first-order valence-corrected chi connectivity index (χ1v) is 0.183. The summed E-state index contributed by atoms with van der Waals surface area (Å²) < 4.78 is 0. The summed E-state index contributed by atoms with van der Waals surface area (Å²) in [5, 5.41) is 13.0. The Morgan fingerprint density at radius 1 is 1.00 bits per heavy atom. The van der Waals surface area contributed by atoms with Crippen LogP contribution in [0.2, 0.25) is 0 Å². The molecule has 0 aromatic heterocycles. The zero-order valence-electron chi connectivity index (χ0n) is 2.76. The van der Waals surface area contributed by atoms with E-state index in [2.05, 4.69) is 0 Å².